The molecule has 1 fully saturated rings. The van der Waals surface area contributed by atoms with Gasteiger partial charge < -0.3 is 14.5 Å². The van der Waals surface area contributed by atoms with E-state index < -0.39 is 0 Å². The number of likely N-dealkylation sites (tertiary alicyclic amines) is 1. The number of carbonyl (C=O) groups excluding carboxylic acids is 2. The Morgan fingerprint density at radius 2 is 1.77 bits per heavy atom. The van der Waals surface area contributed by atoms with Crippen molar-refractivity contribution in [1.82, 2.24) is 9.80 Å². The molecule has 0 N–H and O–H groups in total. The van der Waals surface area contributed by atoms with Crippen LogP contribution in [0.25, 0.3) is 0 Å². The summed E-state index contributed by atoms with van der Waals surface area (Å²) in [6.45, 7) is 2.03. The van der Waals surface area contributed by atoms with Gasteiger partial charge in [0, 0.05) is 32.6 Å². The summed E-state index contributed by atoms with van der Waals surface area (Å²) >= 11 is 12.0. The molecule has 7 heteroatoms. The Labute approximate surface area is 187 Å². The van der Waals surface area contributed by atoms with Crippen molar-refractivity contribution >= 4 is 35.0 Å². The van der Waals surface area contributed by atoms with Crippen LogP contribution in [0.15, 0.2) is 48.5 Å². The number of carbonyl (C=O) groups is 2. The van der Waals surface area contributed by atoms with Gasteiger partial charge in [-0.1, -0.05) is 47.5 Å². The number of benzene rings is 2. The first-order chi connectivity index (χ1) is 14.4. The molecule has 2 amide bonds. The molecule has 0 unspecified atom stereocenters. The lowest BCUT2D eigenvalue weighted by molar-refractivity contribution is -0.140. The monoisotopic (exact) mass is 448 g/mol. The number of rotatable bonds is 7. The molecule has 160 valence electrons. The fraction of sp³-hybridized carbons (Fsp3) is 0.391. The van der Waals surface area contributed by atoms with Crippen LogP contribution in [0.1, 0.15) is 24.8 Å². The van der Waals surface area contributed by atoms with E-state index in [-0.39, 0.29) is 17.7 Å². The molecule has 30 heavy (non-hydrogen) atoms. The van der Waals surface area contributed by atoms with Crippen molar-refractivity contribution in [3.8, 4) is 5.75 Å². The first kappa shape index (κ1) is 22.4. The van der Waals surface area contributed by atoms with Crippen LogP contribution >= 0.6 is 23.2 Å². The van der Waals surface area contributed by atoms with Gasteiger partial charge in [0.05, 0.1) is 23.1 Å². The smallest absolute Gasteiger partial charge is 0.225 e. The molecule has 1 aliphatic rings. The van der Waals surface area contributed by atoms with Crippen LogP contribution in [-0.4, -0.2) is 48.4 Å². The predicted molar refractivity (Wildman–Crippen MR) is 119 cm³/mol. The lowest BCUT2D eigenvalue weighted by Crippen LogP contribution is -2.43. The Balaban J connectivity index is 1.41. The number of ether oxygens (including phenoxy) is 1. The molecule has 1 saturated heterocycles. The zero-order chi connectivity index (χ0) is 21.5. The molecule has 3 rings (SSSR count). The van der Waals surface area contributed by atoms with Gasteiger partial charge in [-0.05, 0) is 42.7 Å². The summed E-state index contributed by atoms with van der Waals surface area (Å²) in [6, 6.07) is 14.9. The van der Waals surface area contributed by atoms with E-state index in [9.17, 15) is 9.59 Å². The largest absolute Gasteiger partial charge is 0.493 e. The molecule has 0 spiro atoms. The van der Waals surface area contributed by atoms with E-state index in [1.54, 1.807) is 24.1 Å². The lowest BCUT2D eigenvalue weighted by Gasteiger charge is -2.33. The van der Waals surface area contributed by atoms with Gasteiger partial charge in [-0.2, -0.15) is 0 Å². The molecule has 0 aliphatic carbocycles. The van der Waals surface area contributed by atoms with Crippen molar-refractivity contribution < 1.29 is 14.3 Å². The van der Waals surface area contributed by atoms with Crippen LogP contribution in [0.3, 0.4) is 0 Å². The number of halogens is 2. The number of hydrogen-bond donors (Lipinski definition) is 0. The molecule has 0 aromatic heterocycles. The summed E-state index contributed by atoms with van der Waals surface area (Å²) in [5.74, 6) is 0.864. The highest BCUT2D eigenvalue weighted by Crippen LogP contribution is 2.24. The third kappa shape index (κ3) is 6.13. The number of amides is 2. The van der Waals surface area contributed by atoms with Crippen LogP contribution in [0.2, 0.25) is 10.0 Å². The molecule has 0 saturated carbocycles. The molecule has 0 bridgehead atoms. The molecular formula is C23H26Cl2N2O3. The minimum atomic E-state index is -0.0672. The summed E-state index contributed by atoms with van der Waals surface area (Å²) in [7, 11) is 1.79. The van der Waals surface area contributed by atoms with E-state index in [2.05, 4.69) is 0 Å². The maximum Gasteiger partial charge on any atom is 0.225 e. The highest BCUT2D eigenvalue weighted by atomic mass is 35.5. The summed E-state index contributed by atoms with van der Waals surface area (Å²) < 4.78 is 5.60. The van der Waals surface area contributed by atoms with Gasteiger partial charge in [0.15, 0.2) is 0 Å². The fourth-order valence-corrected chi connectivity index (χ4v) is 3.93. The highest BCUT2D eigenvalue weighted by Gasteiger charge is 2.29. The molecule has 1 heterocycles. The Bertz CT molecular complexity index is 868. The second-order valence-corrected chi connectivity index (χ2v) is 8.32. The molecule has 5 nitrogen and oxygen atoms in total. The van der Waals surface area contributed by atoms with Crippen molar-refractivity contribution in [3.05, 3.63) is 64.1 Å². The van der Waals surface area contributed by atoms with Crippen molar-refractivity contribution in [2.45, 2.75) is 25.8 Å². The average Bonchev–Trinajstić information content (AvgIpc) is 2.76. The lowest BCUT2D eigenvalue weighted by atomic mass is 9.95. The Hall–Kier alpha value is -2.24. The number of hydrogen-bond acceptors (Lipinski definition) is 3. The third-order valence-corrected chi connectivity index (χ3v) is 6.04. The quantitative estimate of drug-likeness (QED) is 0.618. The van der Waals surface area contributed by atoms with Gasteiger partial charge in [0.25, 0.3) is 0 Å². The third-order valence-electron chi connectivity index (χ3n) is 5.30. The number of para-hydroxylation sites is 1. The van der Waals surface area contributed by atoms with Gasteiger partial charge >= 0.3 is 0 Å². The Morgan fingerprint density at radius 1 is 1.07 bits per heavy atom. The van der Waals surface area contributed by atoms with E-state index in [0.717, 1.165) is 11.3 Å². The van der Waals surface area contributed by atoms with Crippen molar-refractivity contribution in [2.75, 3.05) is 26.7 Å². The first-order valence-electron chi connectivity index (χ1n) is 10.1. The molecule has 2 aromatic carbocycles. The van der Waals surface area contributed by atoms with E-state index in [1.807, 2.05) is 41.3 Å². The van der Waals surface area contributed by atoms with Crippen molar-refractivity contribution in [3.63, 3.8) is 0 Å². The minimum absolute atomic E-state index is 0.0672. The van der Waals surface area contributed by atoms with E-state index >= 15 is 0 Å². The van der Waals surface area contributed by atoms with Crippen LogP contribution in [0.4, 0.5) is 0 Å². The van der Waals surface area contributed by atoms with Gasteiger partial charge in [-0.25, -0.2) is 0 Å². The average molecular weight is 449 g/mol. The van der Waals surface area contributed by atoms with Gasteiger partial charge in [0.1, 0.15) is 5.75 Å². The second-order valence-electron chi connectivity index (χ2n) is 7.51. The van der Waals surface area contributed by atoms with Gasteiger partial charge in [0.2, 0.25) is 11.8 Å². The fourth-order valence-electron chi connectivity index (χ4n) is 3.61. The van der Waals surface area contributed by atoms with E-state index in [4.69, 9.17) is 27.9 Å². The molecular weight excluding hydrogens is 423 g/mol. The summed E-state index contributed by atoms with van der Waals surface area (Å²) in [5, 5.41) is 0.985. The Morgan fingerprint density at radius 3 is 2.43 bits per heavy atom. The summed E-state index contributed by atoms with van der Waals surface area (Å²) in [5.41, 5.74) is 0.936. The maximum absolute atomic E-state index is 12.8. The van der Waals surface area contributed by atoms with Crippen LogP contribution in [0.5, 0.6) is 5.75 Å². The molecule has 1 aliphatic heterocycles. The zero-order valence-electron chi connectivity index (χ0n) is 17.0. The summed E-state index contributed by atoms with van der Waals surface area (Å²) in [4.78, 5) is 28.8. The number of nitrogens with zero attached hydrogens (tertiary/aromatic N) is 2. The van der Waals surface area contributed by atoms with Crippen molar-refractivity contribution in [1.29, 1.82) is 0 Å². The maximum atomic E-state index is 12.8. The minimum Gasteiger partial charge on any atom is -0.493 e. The van der Waals surface area contributed by atoms with Gasteiger partial charge in [-0.3, -0.25) is 9.59 Å². The second kappa shape index (κ2) is 10.7. The highest BCUT2D eigenvalue weighted by molar-refractivity contribution is 6.42. The SMILES string of the molecule is CN(Cc1ccc(Cl)c(Cl)c1)C(=O)C1CCN(C(=O)CCOc2ccccc2)CC1. The normalized spacial score (nSPS) is 14.4. The topological polar surface area (TPSA) is 49.9 Å². The standard InChI is InChI=1S/C23H26Cl2N2O3/c1-26(16-17-7-8-20(24)21(25)15-17)23(29)18-9-12-27(13-10-18)22(28)11-14-30-19-5-3-2-4-6-19/h2-8,15,18H,9-14,16H2,1H3. The van der Waals surface area contributed by atoms with Crippen molar-refractivity contribution in [2.24, 2.45) is 5.92 Å². The predicted octanol–water partition coefficient (Wildman–Crippen LogP) is 4.66. The zero-order valence-corrected chi connectivity index (χ0v) is 18.5. The van der Waals surface area contributed by atoms with Crippen LogP contribution < -0.4 is 4.74 Å². The number of piperidine rings is 1. The van der Waals surface area contributed by atoms with Crippen LogP contribution in [-0.2, 0) is 16.1 Å². The van der Waals surface area contributed by atoms with Gasteiger partial charge in [-0.15, -0.1) is 0 Å². The van der Waals surface area contributed by atoms with Crippen LogP contribution in [0, 0.1) is 5.92 Å². The van der Waals surface area contributed by atoms with E-state index in [1.165, 1.54) is 0 Å². The molecule has 0 atom stereocenters. The summed E-state index contributed by atoms with van der Waals surface area (Å²) in [6.07, 6.45) is 1.69. The van der Waals surface area contributed by atoms with E-state index in [0.29, 0.717) is 55.5 Å². The Kier molecular flexibility index (Phi) is 8.00. The molecule has 0 radical (unpaired) electrons. The molecule has 2 aromatic rings. The first-order valence-corrected chi connectivity index (χ1v) is 10.8.